The van der Waals surface area contributed by atoms with Crippen LogP contribution >= 0.6 is 0 Å². The molecule has 0 spiro atoms. The predicted octanol–water partition coefficient (Wildman–Crippen LogP) is 3.08. The fourth-order valence-electron chi connectivity index (χ4n) is 4.48. The molecule has 1 amide bonds. The van der Waals surface area contributed by atoms with Crippen LogP contribution in [0.15, 0.2) is 12.3 Å². The highest BCUT2D eigenvalue weighted by Crippen LogP contribution is 2.44. The van der Waals surface area contributed by atoms with Crippen molar-refractivity contribution in [2.24, 2.45) is 0 Å². The number of hydrogen-bond acceptors (Lipinski definition) is 6. The van der Waals surface area contributed by atoms with Crippen molar-refractivity contribution in [3.63, 3.8) is 0 Å². The van der Waals surface area contributed by atoms with Crippen molar-refractivity contribution in [2.75, 3.05) is 6.61 Å². The molecule has 2 fully saturated rings. The summed E-state index contributed by atoms with van der Waals surface area (Å²) in [5.74, 6) is -0.778. The SMILES string of the molecule is CC(C)[SiH]1OC2C(CO[Si](C(C)C)(C(C)C)O1)O[C@@H](N1C=CC(=O)CC1=O)[C@]2(C)F. The first-order chi connectivity index (χ1) is 13.9. The average Bonchev–Trinajstić information content (AvgIpc) is 2.84. The van der Waals surface area contributed by atoms with Crippen molar-refractivity contribution < 1.29 is 31.7 Å². The van der Waals surface area contributed by atoms with E-state index in [0.29, 0.717) is 0 Å². The minimum Gasteiger partial charge on any atom is -0.416 e. The molecule has 170 valence electrons. The van der Waals surface area contributed by atoms with E-state index >= 15 is 4.39 Å². The number of carbonyl (C=O) groups is 2. The van der Waals surface area contributed by atoms with E-state index in [4.69, 9.17) is 17.7 Å². The molecule has 3 heterocycles. The molecular weight excluding hydrogens is 425 g/mol. The Hall–Kier alpha value is -0.916. The molecule has 2 saturated heterocycles. The number of nitrogens with zero attached hydrogens (tertiary/aromatic N) is 1. The normalized spacial score (nSPS) is 37.1. The lowest BCUT2D eigenvalue weighted by molar-refractivity contribution is -0.150. The van der Waals surface area contributed by atoms with Gasteiger partial charge in [-0.3, -0.25) is 14.5 Å². The summed E-state index contributed by atoms with van der Waals surface area (Å²) in [7, 11) is -4.96. The molecule has 3 aliphatic heterocycles. The molecule has 10 heteroatoms. The molecule has 0 aromatic rings. The van der Waals surface area contributed by atoms with E-state index in [2.05, 4.69) is 27.7 Å². The Balaban J connectivity index is 1.94. The van der Waals surface area contributed by atoms with E-state index in [1.54, 1.807) is 0 Å². The Labute approximate surface area is 181 Å². The van der Waals surface area contributed by atoms with Gasteiger partial charge in [0.25, 0.3) is 0 Å². The number of carbonyl (C=O) groups excluding carboxylic acids is 2. The number of allylic oxidation sites excluding steroid dienone is 1. The largest absolute Gasteiger partial charge is 0.416 e. The molecule has 0 bridgehead atoms. The Morgan fingerprint density at radius 2 is 1.83 bits per heavy atom. The maximum Gasteiger partial charge on any atom is 0.334 e. The van der Waals surface area contributed by atoms with Crippen LogP contribution in [0.25, 0.3) is 0 Å². The Morgan fingerprint density at radius 3 is 2.37 bits per heavy atom. The second-order valence-electron chi connectivity index (χ2n) is 9.57. The van der Waals surface area contributed by atoms with Crippen LogP contribution in [0.4, 0.5) is 4.39 Å². The number of fused-ring (bicyclic) bond motifs is 1. The van der Waals surface area contributed by atoms with E-state index in [-0.39, 0.29) is 35.4 Å². The van der Waals surface area contributed by atoms with Gasteiger partial charge < -0.3 is 17.7 Å². The number of alkyl halides is 1. The van der Waals surface area contributed by atoms with E-state index in [1.165, 1.54) is 24.1 Å². The van der Waals surface area contributed by atoms with Crippen LogP contribution in [0.1, 0.15) is 54.9 Å². The first kappa shape index (κ1) is 23.7. The Morgan fingerprint density at radius 1 is 1.20 bits per heavy atom. The third-order valence-corrected chi connectivity index (χ3v) is 14.1. The molecule has 0 aliphatic carbocycles. The molecular formula is C20H34FNO6Si2. The van der Waals surface area contributed by atoms with E-state index in [9.17, 15) is 9.59 Å². The Bertz CT molecular complexity index is 705. The van der Waals surface area contributed by atoms with Gasteiger partial charge in [-0.05, 0) is 29.6 Å². The quantitative estimate of drug-likeness (QED) is 0.475. The zero-order chi connectivity index (χ0) is 22.4. The van der Waals surface area contributed by atoms with Crippen LogP contribution in [-0.2, 0) is 27.3 Å². The number of rotatable bonds is 4. The minimum atomic E-state index is -2.64. The zero-order valence-corrected chi connectivity index (χ0v) is 21.0. The highest BCUT2D eigenvalue weighted by Gasteiger charge is 2.61. The van der Waals surface area contributed by atoms with Gasteiger partial charge in [-0.2, -0.15) is 0 Å². The van der Waals surface area contributed by atoms with Gasteiger partial charge in [-0.25, -0.2) is 4.39 Å². The molecule has 3 unspecified atom stereocenters. The van der Waals surface area contributed by atoms with Crippen LogP contribution in [0.3, 0.4) is 0 Å². The van der Waals surface area contributed by atoms with E-state index in [1.807, 2.05) is 13.8 Å². The molecule has 0 aromatic carbocycles. The van der Waals surface area contributed by atoms with Crippen LogP contribution < -0.4 is 0 Å². The smallest absolute Gasteiger partial charge is 0.334 e. The lowest BCUT2D eigenvalue weighted by Gasteiger charge is -2.45. The van der Waals surface area contributed by atoms with E-state index < -0.39 is 47.9 Å². The summed E-state index contributed by atoms with van der Waals surface area (Å²) in [6.07, 6.45) is -0.448. The number of hydrogen-bond donors (Lipinski definition) is 0. The van der Waals surface area contributed by atoms with Gasteiger partial charge in [0.15, 0.2) is 17.7 Å². The summed E-state index contributed by atoms with van der Waals surface area (Å²) < 4.78 is 41.6. The van der Waals surface area contributed by atoms with Gasteiger partial charge in [0.2, 0.25) is 5.91 Å². The number of halogens is 1. The van der Waals surface area contributed by atoms with E-state index in [0.717, 1.165) is 0 Å². The minimum absolute atomic E-state index is 0.112. The summed E-state index contributed by atoms with van der Waals surface area (Å²) in [6, 6.07) is 0. The van der Waals surface area contributed by atoms with Gasteiger partial charge in [0.1, 0.15) is 12.2 Å². The van der Waals surface area contributed by atoms with Crippen molar-refractivity contribution in [1.29, 1.82) is 0 Å². The molecule has 0 N–H and O–H groups in total. The van der Waals surface area contributed by atoms with Gasteiger partial charge in [0.05, 0.1) is 13.0 Å². The summed E-state index contributed by atoms with van der Waals surface area (Å²) in [4.78, 5) is 25.1. The van der Waals surface area contributed by atoms with Crippen LogP contribution in [0, 0.1) is 0 Å². The maximum atomic E-state index is 16.1. The first-order valence-electron chi connectivity index (χ1n) is 10.7. The maximum absolute atomic E-state index is 16.1. The molecule has 5 atom stereocenters. The van der Waals surface area contributed by atoms with Gasteiger partial charge in [-0.15, -0.1) is 0 Å². The van der Waals surface area contributed by atoms with Crippen molar-refractivity contribution in [3.05, 3.63) is 12.3 Å². The standard InChI is InChI=1S/C20H34FNO6Si2/c1-12(2)29-27-18-16(11-25-30(28-29,13(3)4)14(5)6)26-19(20(18,7)21)22-9-8-15(23)10-17(22)24/h8-9,12-14,16,18-19,29H,10-11H2,1-7H3/t16?,18?,19-,20-,29?/m1/s1. The third kappa shape index (κ3) is 4.09. The summed E-state index contributed by atoms with van der Waals surface area (Å²) in [5, 5.41) is 0. The lowest BCUT2D eigenvalue weighted by atomic mass is 9.97. The molecule has 0 aromatic heterocycles. The van der Waals surface area contributed by atoms with Crippen LogP contribution in [-0.4, -0.2) is 65.1 Å². The molecule has 3 rings (SSSR count). The van der Waals surface area contributed by atoms with Crippen molar-refractivity contribution in [1.82, 2.24) is 4.90 Å². The number of ketones is 1. The van der Waals surface area contributed by atoms with Crippen LogP contribution in [0.5, 0.6) is 0 Å². The number of amides is 1. The second kappa shape index (κ2) is 8.55. The summed E-state index contributed by atoms with van der Waals surface area (Å²) in [5.41, 5.74) is -1.48. The molecule has 3 aliphatic rings. The monoisotopic (exact) mass is 459 g/mol. The molecule has 7 nitrogen and oxygen atoms in total. The molecule has 30 heavy (non-hydrogen) atoms. The topological polar surface area (TPSA) is 74.3 Å². The summed E-state index contributed by atoms with van der Waals surface area (Å²) in [6.45, 7) is 14.0. The third-order valence-electron chi connectivity index (χ3n) is 6.18. The van der Waals surface area contributed by atoms with Gasteiger partial charge in [0, 0.05) is 6.20 Å². The van der Waals surface area contributed by atoms with Crippen molar-refractivity contribution in [3.8, 4) is 0 Å². The fourth-order valence-corrected chi connectivity index (χ4v) is 13.2. The van der Waals surface area contributed by atoms with Gasteiger partial charge in [-0.1, -0.05) is 41.5 Å². The second-order valence-corrected chi connectivity index (χ2v) is 16.9. The highest BCUT2D eigenvalue weighted by atomic mass is 28.4. The zero-order valence-electron chi connectivity index (χ0n) is 18.9. The average molecular weight is 460 g/mol. The van der Waals surface area contributed by atoms with Crippen molar-refractivity contribution >= 4 is 29.5 Å². The van der Waals surface area contributed by atoms with Gasteiger partial charge >= 0.3 is 17.8 Å². The fraction of sp³-hybridized carbons (Fsp3) is 0.800. The predicted molar refractivity (Wildman–Crippen MR) is 114 cm³/mol. The molecule has 0 saturated carbocycles. The lowest BCUT2D eigenvalue weighted by Crippen LogP contribution is -2.60. The first-order valence-corrected chi connectivity index (χ1v) is 14.3. The highest BCUT2D eigenvalue weighted by molar-refractivity contribution is 6.76. The van der Waals surface area contributed by atoms with Crippen LogP contribution in [0.2, 0.25) is 16.6 Å². The Kier molecular flexibility index (Phi) is 6.77. The molecule has 0 radical (unpaired) electrons. The van der Waals surface area contributed by atoms with Crippen molar-refractivity contribution in [2.45, 2.75) is 95.6 Å². The number of ether oxygens (including phenoxy) is 1. The summed E-state index contributed by atoms with van der Waals surface area (Å²) >= 11 is 0.